The van der Waals surface area contributed by atoms with Crippen LogP contribution in [-0.4, -0.2) is 18.0 Å². The van der Waals surface area contributed by atoms with E-state index >= 15 is 0 Å². The van der Waals surface area contributed by atoms with Crippen molar-refractivity contribution in [3.8, 4) is 0 Å². The SMILES string of the molecule is CC1CC(C)CN(c2ccc([N+](=O)[O-])cc2CBr)C1. The van der Waals surface area contributed by atoms with E-state index in [0.29, 0.717) is 17.2 Å². The number of anilines is 1. The zero-order chi connectivity index (χ0) is 14.0. The number of hydrogen-bond donors (Lipinski definition) is 0. The van der Waals surface area contributed by atoms with Crippen molar-refractivity contribution in [3.63, 3.8) is 0 Å². The summed E-state index contributed by atoms with van der Waals surface area (Å²) in [6, 6.07) is 5.17. The van der Waals surface area contributed by atoms with Crippen LogP contribution in [0.15, 0.2) is 18.2 Å². The van der Waals surface area contributed by atoms with Crippen LogP contribution >= 0.6 is 15.9 Å². The zero-order valence-electron chi connectivity index (χ0n) is 11.3. The first-order valence-electron chi connectivity index (χ1n) is 6.59. The fourth-order valence-corrected chi connectivity index (χ4v) is 3.41. The number of hydrogen-bond acceptors (Lipinski definition) is 3. The van der Waals surface area contributed by atoms with Gasteiger partial charge in [0, 0.05) is 36.2 Å². The standard InChI is InChI=1S/C14H19BrN2O2/c1-10-5-11(2)9-16(8-10)14-4-3-13(17(18)19)6-12(14)7-15/h3-4,6,10-11H,5,7-9H2,1-2H3. The maximum atomic E-state index is 10.8. The van der Waals surface area contributed by atoms with Crippen LogP contribution in [0.2, 0.25) is 0 Å². The van der Waals surface area contributed by atoms with Gasteiger partial charge in [0.1, 0.15) is 0 Å². The Hall–Kier alpha value is -1.10. The summed E-state index contributed by atoms with van der Waals surface area (Å²) in [4.78, 5) is 12.9. The molecule has 2 rings (SSSR count). The van der Waals surface area contributed by atoms with Crippen LogP contribution in [0.5, 0.6) is 0 Å². The van der Waals surface area contributed by atoms with E-state index in [1.54, 1.807) is 12.1 Å². The van der Waals surface area contributed by atoms with Crippen molar-refractivity contribution in [2.45, 2.75) is 25.6 Å². The molecular weight excluding hydrogens is 308 g/mol. The van der Waals surface area contributed by atoms with E-state index < -0.39 is 0 Å². The quantitative estimate of drug-likeness (QED) is 0.479. The lowest BCUT2D eigenvalue weighted by Crippen LogP contribution is -2.39. The molecule has 0 saturated carbocycles. The number of nitro groups is 1. The van der Waals surface area contributed by atoms with Crippen molar-refractivity contribution in [1.29, 1.82) is 0 Å². The molecule has 0 spiro atoms. The third-order valence-electron chi connectivity index (χ3n) is 3.63. The van der Waals surface area contributed by atoms with Gasteiger partial charge in [-0.05, 0) is 29.9 Å². The Balaban J connectivity index is 2.30. The van der Waals surface area contributed by atoms with Crippen LogP contribution < -0.4 is 4.90 Å². The molecule has 1 aliphatic rings. The van der Waals surface area contributed by atoms with E-state index in [1.807, 2.05) is 6.07 Å². The summed E-state index contributed by atoms with van der Waals surface area (Å²) < 4.78 is 0. The number of rotatable bonds is 3. The van der Waals surface area contributed by atoms with E-state index in [4.69, 9.17) is 0 Å². The van der Waals surface area contributed by atoms with Crippen molar-refractivity contribution in [3.05, 3.63) is 33.9 Å². The Morgan fingerprint density at radius 1 is 1.37 bits per heavy atom. The highest BCUT2D eigenvalue weighted by Crippen LogP contribution is 2.32. The molecule has 104 valence electrons. The third kappa shape index (κ3) is 3.26. The van der Waals surface area contributed by atoms with E-state index in [-0.39, 0.29) is 10.6 Å². The van der Waals surface area contributed by atoms with Crippen molar-refractivity contribution in [1.82, 2.24) is 0 Å². The Morgan fingerprint density at radius 2 is 2.00 bits per heavy atom. The molecule has 2 unspecified atom stereocenters. The molecule has 1 aromatic rings. The minimum absolute atomic E-state index is 0.163. The van der Waals surface area contributed by atoms with E-state index in [9.17, 15) is 10.1 Å². The van der Waals surface area contributed by atoms with Crippen LogP contribution in [-0.2, 0) is 5.33 Å². The topological polar surface area (TPSA) is 46.4 Å². The van der Waals surface area contributed by atoms with Gasteiger partial charge in [0.2, 0.25) is 0 Å². The normalized spacial score (nSPS) is 23.4. The molecular formula is C14H19BrN2O2. The second-order valence-corrected chi connectivity index (χ2v) is 6.12. The molecule has 1 heterocycles. The summed E-state index contributed by atoms with van der Waals surface area (Å²) in [6.07, 6.45) is 1.26. The highest BCUT2D eigenvalue weighted by Gasteiger charge is 2.24. The van der Waals surface area contributed by atoms with Gasteiger partial charge in [-0.3, -0.25) is 10.1 Å². The first-order chi connectivity index (χ1) is 9.01. The summed E-state index contributed by atoms with van der Waals surface area (Å²) >= 11 is 3.44. The zero-order valence-corrected chi connectivity index (χ0v) is 12.9. The van der Waals surface area contributed by atoms with E-state index in [2.05, 4.69) is 34.7 Å². The number of nitrogens with zero attached hydrogens (tertiary/aromatic N) is 2. The minimum Gasteiger partial charge on any atom is -0.371 e. The van der Waals surface area contributed by atoms with Crippen LogP contribution in [0.4, 0.5) is 11.4 Å². The molecule has 4 nitrogen and oxygen atoms in total. The van der Waals surface area contributed by atoms with Gasteiger partial charge in [0.05, 0.1) is 4.92 Å². The second kappa shape index (κ2) is 5.90. The predicted octanol–water partition coefficient (Wildman–Crippen LogP) is 3.97. The summed E-state index contributed by atoms with van der Waals surface area (Å²) in [6.45, 7) is 6.59. The summed E-state index contributed by atoms with van der Waals surface area (Å²) in [5, 5.41) is 11.5. The molecule has 19 heavy (non-hydrogen) atoms. The summed E-state index contributed by atoms with van der Waals surface area (Å²) in [5.41, 5.74) is 2.28. The molecule has 1 fully saturated rings. The van der Waals surface area contributed by atoms with Gasteiger partial charge in [-0.25, -0.2) is 0 Å². The Bertz CT molecular complexity index is 469. The lowest BCUT2D eigenvalue weighted by molar-refractivity contribution is -0.384. The molecule has 2 atom stereocenters. The number of nitro benzene ring substituents is 1. The summed E-state index contributed by atoms with van der Waals surface area (Å²) in [5.74, 6) is 1.34. The number of alkyl halides is 1. The van der Waals surface area contributed by atoms with Gasteiger partial charge in [-0.1, -0.05) is 29.8 Å². The second-order valence-electron chi connectivity index (χ2n) is 5.55. The molecule has 0 aliphatic carbocycles. The lowest BCUT2D eigenvalue weighted by Gasteiger charge is -2.37. The van der Waals surface area contributed by atoms with Gasteiger partial charge in [0.15, 0.2) is 0 Å². The first-order valence-corrected chi connectivity index (χ1v) is 7.71. The largest absolute Gasteiger partial charge is 0.371 e. The molecule has 1 saturated heterocycles. The molecule has 5 heteroatoms. The fraction of sp³-hybridized carbons (Fsp3) is 0.571. The highest BCUT2D eigenvalue weighted by atomic mass is 79.9. The maximum Gasteiger partial charge on any atom is 0.269 e. The lowest BCUT2D eigenvalue weighted by atomic mass is 9.91. The van der Waals surface area contributed by atoms with Crippen molar-refractivity contribution in [2.75, 3.05) is 18.0 Å². The number of non-ortho nitro benzene ring substituents is 1. The van der Waals surface area contributed by atoms with E-state index in [0.717, 1.165) is 24.3 Å². The first kappa shape index (κ1) is 14.3. The molecule has 1 aromatic carbocycles. The van der Waals surface area contributed by atoms with Crippen molar-refractivity contribution >= 4 is 27.3 Å². The van der Waals surface area contributed by atoms with E-state index in [1.165, 1.54) is 6.42 Å². The molecule has 1 aliphatic heterocycles. The smallest absolute Gasteiger partial charge is 0.269 e. The van der Waals surface area contributed by atoms with Gasteiger partial charge >= 0.3 is 0 Å². The fourth-order valence-electron chi connectivity index (χ4n) is 2.96. The molecule has 0 aromatic heterocycles. The summed E-state index contributed by atoms with van der Waals surface area (Å²) in [7, 11) is 0. The Kier molecular flexibility index (Phi) is 4.45. The minimum atomic E-state index is -0.336. The molecule has 0 N–H and O–H groups in total. The third-order valence-corrected chi connectivity index (χ3v) is 4.23. The van der Waals surface area contributed by atoms with Gasteiger partial charge < -0.3 is 4.90 Å². The van der Waals surface area contributed by atoms with Gasteiger partial charge in [-0.2, -0.15) is 0 Å². The average Bonchev–Trinajstić information content (AvgIpc) is 2.36. The van der Waals surface area contributed by atoms with Crippen LogP contribution in [0.25, 0.3) is 0 Å². The predicted molar refractivity (Wildman–Crippen MR) is 80.9 cm³/mol. The van der Waals surface area contributed by atoms with Crippen LogP contribution in [0.1, 0.15) is 25.8 Å². The number of piperidine rings is 1. The highest BCUT2D eigenvalue weighted by molar-refractivity contribution is 9.08. The maximum absolute atomic E-state index is 10.8. The van der Waals surface area contributed by atoms with Crippen molar-refractivity contribution in [2.24, 2.45) is 11.8 Å². The van der Waals surface area contributed by atoms with Crippen LogP contribution in [0, 0.1) is 22.0 Å². The Morgan fingerprint density at radius 3 is 2.53 bits per heavy atom. The average molecular weight is 327 g/mol. The molecule has 0 radical (unpaired) electrons. The van der Waals surface area contributed by atoms with Crippen molar-refractivity contribution < 1.29 is 4.92 Å². The Labute approximate surface area is 122 Å². The van der Waals surface area contributed by atoms with Gasteiger partial charge in [-0.15, -0.1) is 0 Å². The molecule has 0 bridgehead atoms. The number of benzene rings is 1. The number of halogens is 1. The molecule has 0 amide bonds. The monoisotopic (exact) mass is 326 g/mol. The van der Waals surface area contributed by atoms with Gasteiger partial charge in [0.25, 0.3) is 5.69 Å². The van der Waals surface area contributed by atoms with Crippen LogP contribution in [0.3, 0.4) is 0 Å².